The van der Waals surface area contributed by atoms with Crippen LogP contribution in [0.15, 0.2) is 24.3 Å². The molecule has 17 heavy (non-hydrogen) atoms. The summed E-state index contributed by atoms with van der Waals surface area (Å²) in [5.41, 5.74) is 6.82. The molecular formula is C12H10N2O3. The highest BCUT2D eigenvalue weighted by Gasteiger charge is 2.06. The Hall–Kier alpha value is -2.61. The van der Waals surface area contributed by atoms with Crippen LogP contribution < -0.4 is 5.73 Å². The Morgan fingerprint density at radius 2 is 2.18 bits per heavy atom. The number of hydrogen-bond acceptors (Lipinski definition) is 4. The monoisotopic (exact) mass is 230 g/mol. The molecule has 3 N–H and O–H groups in total. The summed E-state index contributed by atoms with van der Waals surface area (Å²) in [6.07, 6.45) is 2.10. The van der Waals surface area contributed by atoms with E-state index < -0.39 is 5.97 Å². The molecule has 1 aromatic carbocycles. The molecule has 0 unspecified atom stereocenters. The Balaban J connectivity index is 2.98. The SMILES string of the molecule is N#CCC(=O)c1ccc(C=CC(=O)O)c(N)c1. The van der Waals surface area contributed by atoms with Crippen LogP contribution in [0.5, 0.6) is 0 Å². The molecule has 0 aliphatic rings. The zero-order chi connectivity index (χ0) is 12.8. The second kappa shape index (κ2) is 5.47. The fourth-order valence-corrected chi connectivity index (χ4v) is 1.23. The van der Waals surface area contributed by atoms with Gasteiger partial charge in [-0.15, -0.1) is 0 Å². The molecule has 0 spiro atoms. The first kappa shape index (κ1) is 12.5. The van der Waals surface area contributed by atoms with Crippen LogP contribution >= 0.6 is 0 Å². The fourth-order valence-electron chi connectivity index (χ4n) is 1.23. The standard InChI is InChI=1S/C12H10N2O3/c13-6-5-11(15)9-2-1-8(10(14)7-9)3-4-12(16)17/h1-4,7H,5,14H2,(H,16,17). The van der Waals surface area contributed by atoms with E-state index in [0.29, 0.717) is 16.8 Å². The predicted molar refractivity (Wildman–Crippen MR) is 62.1 cm³/mol. The highest BCUT2D eigenvalue weighted by Crippen LogP contribution is 2.17. The molecule has 0 aliphatic heterocycles. The number of ketones is 1. The number of nitrogens with two attached hydrogens (primary N) is 1. The molecule has 0 heterocycles. The maximum Gasteiger partial charge on any atom is 0.328 e. The minimum atomic E-state index is -1.07. The van der Waals surface area contributed by atoms with E-state index in [2.05, 4.69) is 0 Å². The molecule has 0 amide bonds. The van der Waals surface area contributed by atoms with Crippen molar-refractivity contribution in [2.75, 3.05) is 5.73 Å². The summed E-state index contributed by atoms with van der Waals surface area (Å²) >= 11 is 0. The van der Waals surface area contributed by atoms with Gasteiger partial charge in [-0.1, -0.05) is 12.1 Å². The zero-order valence-corrected chi connectivity index (χ0v) is 8.88. The van der Waals surface area contributed by atoms with Gasteiger partial charge in [0.05, 0.1) is 12.5 Å². The first-order valence-corrected chi connectivity index (χ1v) is 4.75. The van der Waals surface area contributed by atoms with Crippen molar-refractivity contribution in [2.45, 2.75) is 6.42 Å². The Morgan fingerprint density at radius 3 is 2.71 bits per heavy atom. The number of rotatable bonds is 4. The smallest absolute Gasteiger partial charge is 0.328 e. The molecule has 0 bridgehead atoms. The zero-order valence-electron chi connectivity index (χ0n) is 8.88. The molecule has 1 rings (SSSR count). The molecule has 0 saturated carbocycles. The van der Waals surface area contributed by atoms with Crippen molar-refractivity contribution in [1.82, 2.24) is 0 Å². The number of Topliss-reactive ketones (excluding diaryl/α,β-unsaturated/α-hetero) is 1. The van der Waals surface area contributed by atoms with E-state index in [9.17, 15) is 9.59 Å². The van der Waals surface area contributed by atoms with E-state index in [1.807, 2.05) is 0 Å². The number of carbonyl (C=O) groups is 2. The molecular weight excluding hydrogens is 220 g/mol. The Labute approximate surface area is 97.8 Å². The van der Waals surface area contributed by atoms with Gasteiger partial charge < -0.3 is 10.8 Å². The lowest BCUT2D eigenvalue weighted by Crippen LogP contribution is -2.00. The van der Waals surface area contributed by atoms with E-state index in [-0.39, 0.29) is 12.2 Å². The highest BCUT2D eigenvalue weighted by molar-refractivity contribution is 5.98. The first-order valence-electron chi connectivity index (χ1n) is 4.75. The molecule has 86 valence electrons. The van der Waals surface area contributed by atoms with E-state index in [1.54, 1.807) is 12.1 Å². The number of aliphatic carboxylic acids is 1. The average Bonchev–Trinajstić information content (AvgIpc) is 2.27. The van der Waals surface area contributed by atoms with E-state index in [1.165, 1.54) is 18.2 Å². The lowest BCUT2D eigenvalue weighted by Gasteiger charge is -2.02. The molecule has 5 heteroatoms. The van der Waals surface area contributed by atoms with Crippen LogP contribution in [0.2, 0.25) is 0 Å². The number of nitrogens with zero attached hydrogens (tertiary/aromatic N) is 1. The fraction of sp³-hybridized carbons (Fsp3) is 0.0833. The maximum atomic E-state index is 11.4. The molecule has 1 aromatic rings. The minimum absolute atomic E-state index is 0.205. The first-order chi connectivity index (χ1) is 8.04. The molecule has 5 nitrogen and oxygen atoms in total. The van der Waals surface area contributed by atoms with E-state index in [4.69, 9.17) is 16.1 Å². The van der Waals surface area contributed by atoms with Gasteiger partial charge in [-0.25, -0.2) is 4.79 Å². The number of nitriles is 1. The van der Waals surface area contributed by atoms with Crippen LogP contribution in [0.4, 0.5) is 5.69 Å². The van der Waals surface area contributed by atoms with Gasteiger partial charge in [0.15, 0.2) is 5.78 Å². The summed E-state index contributed by atoms with van der Waals surface area (Å²) in [5, 5.41) is 16.8. The minimum Gasteiger partial charge on any atom is -0.478 e. The Morgan fingerprint density at radius 1 is 1.47 bits per heavy atom. The van der Waals surface area contributed by atoms with Crippen LogP contribution in [0.3, 0.4) is 0 Å². The topological polar surface area (TPSA) is 104 Å². The summed E-state index contributed by atoms with van der Waals surface area (Å²) in [7, 11) is 0. The van der Waals surface area contributed by atoms with Gasteiger partial charge in [0, 0.05) is 17.3 Å². The third kappa shape index (κ3) is 3.47. The predicted octanol–water partition coefficient (Wildman–Crippen LogP) is 1.46. The third-order valence-electron chi connectivity index (χ3n) is 2.05. The summed E-state index contributed by atoms with van der Waals surface area (Å²) in [6.45, 7) is 0. The molecule has 0 aromatic heterocycles. The van der Waals surface area contributed by atoms with Gasteiger partial charge in [-0.3, -0.25) is 4.79 Å². The van der Waals surface area contributed by atoms with Crippen molar-refractivity contribution in [1.29, 1.82) is 5.26 Å². The van der Waals surface area contributed by atoms with Crippen LogP contribution in [-0.4, -0.2) is 16.9 Å². The third-order valence-corrected chi connectivity index (χ3v) is 2.05. The number of hydrogen-bond donors (Lipinski definition) is 2. The average molecular weight is 230 g/mol. The Kier molecular flexibility index (Phi) is 4.01. The van der Waals surface area contributed by atoms with Crippen LogP contribution in [0.1, 0.15) is 22.3 Å². The van der Waals surface area contributed by atoms with Crippen molar-refractivity contribution >= 4 is 23.5 Å². The van der Waals surface area contributed by atoms with Gasteiger partial charge in [0.25, 0.3) is 0 Å². The molecule has 0 aliphatic carbocycles. The number of carboxylic acid groups (broad SMARTS) is 1. The molecule has 0 fully saturated rings. The second-order valence-corrected chi connectivity index (χ2v) is 3.27. The highest BCUT2D eigenvalue weighted by atomic mass is 16.4. The van der Waals surface area contributed by atoms with Crippen LogP contribution in [0, 0.1) is 11.3 Å². The van der Waals surface area contributed by atoms with Gasteiger partial charge in [-0.2, -0.15) is 5.26 Å². The van der Waals surface area contributed by atoms with Crippen molar-refractivity contribution in [3.8, 4) is 6.07 Å². The van der Waals surface area contributed by atoms with Crippen LogP contribution in [-0.2, 0) is 4.79 Å². The largest absolute Gasteiger partial charge is 0.478 e. The van der Waals surface area contributed by atoms with Crippen LogP contribution in [0.25, 0.3) is 6.08 Å². The second-order valence-electron chi connectivity index (χ2n) is 3.27. The van der Waals surface area contributed by atoms with Gasteiger partial charge in [-0.05, 0) is 17.7 Å². The summed E-state index contributed by atoms with van der Waals surface area (Å²) in [6, 6.07) is 6.24. The number of carboxylic acids is 1. The van der Waals surface area contributed by atoms with E-state index in [0.717, 1.165) is 6.08 Å². The molecule has 0 radical (unpaired) electrons. The van der Waals surface area contributed by atoms with E-state index >= 15 is 0 Å². The summed E-state index contributed by atoms with van der Waals surface area (Å²) < 4.78 is 0. The van der Waals surface area contributed by atoms with Gasteiger partial charge >= 0.3 is 5.97 Å². The number of nitrogen functional groups attached to an aromatic ring is 1. The van der Waals surface area contributed by atoms with Gasteiger partial charge in [0.2, 0.25) is 0 Å². The quantitative estimate of drug-likeness (QED) is 0.463. The lowest BCUT2D eigenvalue weighted by molar-refractivity contribution is -0.131. The normalized spacial score (nSPS) is 10.1. The summed E-state index contributed by atoms with van der Waals surface area (Å²) in [4.78, 5) is 21.7. The maximum absolute atomic E-state index is 11.4. The van der Waals surface area contributed by atoms with Gasteiger partial charge in [0.1, 0.15) is 0 Å². The molecule has 0 saturated heterocycles. The molecule has 0 atom stereocenters. The van der Waals surface area contributed by atoms with Crippen molar-refractivity contribution < 1.29 is 14.7 Å². The summed E-state index contributed by atoms with van der Waals surface area (Å²) in [5.74, 6) is -1.39. The number of carbonyl (C=O) groups excluding carboxylic acids is 1. The van der Waals surface area contributed by atoms with Crippen molar-refractivity contribution in [3.05, 3.63) is 35.4 Å². The van der Waals surface area contributed by atoms with Crippen molar-refractivity contribution in [2.24, 2.45) is 0 Å². The lowest BCUT2D eigenvalue weighted by atomic mass is 10.0. The number of anilines is 1. The van der Waals surface area contributed by atoms with Crippen molar-refractivity contribution in [3.63, 3.8) is 0 Å². The number of benzene rings is 1. The Bertz CT molecular complexity index is 527.